The Balaban J connectivity index is 1.58. The first kappa shape index (κ1) is 18.3. The largest absolute Gasteiger partial charge is 0.325 e. The van der Waals surface area contributed by atoms with Crippen LogP contribution in [-0.4, -0.2) is 34.1 Å². The number of non-ortho nitro benzene ring substituents is 1. The number of halogens is 1. The van der Waals surface area contributed by atoms with Crippen molar-refractivity contribution in [1.29, 1.82) is 0 Å². The van der Waals surface area contributed by atoms with E-state index in [1.807, 2.05) is 0 Å². The van der Waals surface area contributed by atoms with Crippen LogP contribution in [0.1, 0.15) is 32.1 Å². The highest BCUT2D eigenvalue weighted by Crippen LogP contribution is 2.38. The maximum Gasteiger partial charge on any atom is 0.271 e. The van der Waals surface area contributed by atoms with Crippen LogP contribution < -0.4 is 5.32 Å². The lowest BCUT2D eigenvalue weighted by Gasteiger charge is -2.19. The van der Waals surface area contributed by atoms with Gasteiger partial charge in [-0.05, 0) is 18.9 Å². The Morgan fingerprint density at radius 1 is 1.23 bits per heavy atom. The third kappa shape index (κ3) is 3.55. The average Bonchev–Trinajstić information content (AvgIpc) is 2.86. The molecule has 1 saturated carbocycles. The van der Waals surface area contributed by atoms with E-state index < -0.39 is 10.8 Å². The molecule has 3 amide bonds. The van der Waals surface area contributed by atoms with E-state index in [9.17, 15) is 24.5 Å². The normalized spacial score (nSPS) is 22.3. The molecule has 0 unspecified atom stereocenters. The number of benzene rings is 1. The molecule has 2 aliphatic rings. The van der Waals surface area contributed by atoms with Gasteiger partial charge in [-0.2, -0.15) is 0 Å². The van der Waals surface area contributed by atoms with Crippen LogP contribution in [0.5, 0.6) is 0 Å². The number of carbonyl (C=O) groups excluding carboxylic acids is 3. The third-order valence-electron chi connectivity index (χ3n) is 4.93. The van der Waals surface area contributed by atoms with Gasteiger partial charge in [0, 0.05) is 25.1 Å². The average molecular weight is 380 g/mol. The number of nitro groups is 1. The van der Waals surface area contributed by atoms with E-state index in [1.165, 1.54) is 17.0 Å². The Bertz CT molecular complexity index is 758. The van der Waals surface area contributed by atoms with Gasteiger partial charge in [-0.1, -0.05) is 24.4 Å². The fourth-order valence-corrected chi connectivity index (χ4v) is 3.82. The number of rotatable bonds is 5. The molecule has 1 aliphatic carbocycles. The molecule has 3 rings (SSSR count). The topological polar surface area (TPSA) is 110 Å². The Labute approximate surface area is 154 Å². The second kappa shape index (κ2) is 7.41. The van der Waals surface area contributed by atoms with Crippen LogP contribution in [-0.2, 0) is 14.4 Å². The van der Waals surface area contributed by atoms with E-state index in [1.54, 1.807) is 0 Å². The molecule has 1 aromatic carbocycles. The molecule has 138 valence electrons. The monoisotopic (exact) mass is 379 g/mol. The summed E-state index contributed by atoms with van der Waals surface area (Å²) in [5, 5.41) is 13.3. The lowest BCUT2D eigenvalue weighted by molar-refractivity contribution is -0.384. The van der Waals surface area contributed by atoms with Gasteiger partial charge in [0.2, 0.25) is 17.7 Å². The minimum Gasteiger partial charge on any atom is -0.325 e. The van der Waals surface area contributed by atoms with Crippen molar-refractivity contribution in [1.82, 2.24) is 4.90 Å². The summed E-state index contributed by atoms with van der Waals surface area (Å²) in [5.74, 6) is -1.25. The second-order valence-electron chi connectivity index (χ2n) is 6.54. The van der Waals surface area contributed by atoms with Gasteiger partial charge in [0.25, 0.3) is 5.69 Å². The van der Waals surface area contributed by atoms with Crippen LogP contribution in [0.25, 0.3) is 0 Å². The number of fused-ring (bicyclic) bond motifs is 1. The maximum absolute atomic E-state index is 12.4. The van der Waals surface area contributed by atoms with E-state index in [0.717, 1.165) is 31.7 Å². The molecule has 1 aliphatic heterocycles. The van der Waals surface area contributed by atoms with Gasteiger partial charge in [0.05, 0.1) is 27.5 Å². The van der Waals surface area contributed by atoms with Gasteiger partial charge < -0.3 is 5.32 Å². The first-order valence-electron chi connectivity index (χ1n) is 8.47. The molecule has 9 heteroatoms. The van der Waals surface area contributed by atoms with Crippen molar-refractivity contribution in [3.05, 3.63) is 33.3 Å². The van der Waals surface area contributed by atoms with Crippen LogP contribution >= 0.6 is 11.6 Å². The van der Waals surface area contributed by atoms with Crippen molar-refractivity contribution >= 4 is 40.7 Å². The predicted molar refractivity (Wildman–Crippen MR) is 93.5 cm³/mol. The minimum absolute atomic E-state index is 0.0289. The Morgan fingerprint density at radius 2 is 1.85 bits per heavy atom. The molecule has 1 saturated heterocycles. The van der Waals surface area contributed by atoms with Gasteiger partial charge in [-0.3, -0.25) is 29.4 Å². The molecule has 0 aromatic heterocycles. The smallest absolute Gasteiger partial charge is 0.271 e. The molecule has 1 heterocycles. The molecular weight excluding hydrogens is 362 g/mol. The SMILES string of the molecule is O=C(CCN1C(=O)[C@H]2CCCC[C@H]2C1=O)Nc1ccc([N+](=O)[O-])cc1Cl. The zero-order valence-corrected chi connectivity index (χ0v) is 14.7. The van der Waals surface area contributed by atoms with Crippen LogP contribution in [0.4, 0.5) is 11.4 Å². The lowest BCUT2D eigenvalue weighted by Crippen LogP contribution is -2.34. The van der Waals surface area contributed by atoms with Crippen LogP contribution in [0.15, 0.2) is 18.2 Å². The van der Waals surface area contributed by atoms with Gasteiger partial charge >= 0.3 is 0 Å². The standard InChI is InChI=1S/C17H18ClN3O5/c18-13-9-10(21(25)26)5-6-14(13)19-15(22)7-8-20-16(23)11-3-1-2-4-12(11)17(20)24/h5-6,9,11-12H,1-4,7-8H2,(H,19,22)/t11-,12+. The predicted octanol–water partition coefficient (Wildman–Crippen LogP) is 2.75. The molecule has 0 bridgehead atoms. The zero-order valence-electron chi connectivity index (χ0n) is 13.9. The van der Waals surface area contributed by atoms with E-state index in [-0.39, 0.29) is 53.0 Å². The van der Waals surface area contributed by atoms with Gasteiger partial charge in [-0.25, -0.2) is 0 Å². The summed E-state index contributed by atoms with van der Waals surface area (Å²) in [4.78, 5) is 48.2. The quantitative estimate of drug-likeness (QED) is 0.480. The molecule has 8 nitrogen and oxygen atoms in total. The van der Waals surface area contributed by atoms with Crippen molar-refractivity contribution in [2.75, 3.05) is 11.9 Å². The number of hydrogen-bond acceptors (Lipinski definition) is 5. The number of nitro benzene ring substituents is 1. The van der Waals surface area contributed by atoms with Crippen molar-refractivity contribution < 1.29 is 19.3 Å². The highest BCUT2D eigenvalue weighted by molar-refractivity contribution is 6.34. The number of imide groups is 1. The molecule has 2 fully saturated rings. The number of anilines is 1. The van der Waals surface area contributed by atoms with Crippen LogP contribution in [0, 0.1) is 22.0 Å². The van der Waals surface area contributed by atoms with Gasteiger partial charge in [-0.15, -0.1) is 0 Å². The maximum atomic E-state index is 12.4. The number of nitrogens with zero attached hydrogens (tertiary/aromatic N) is 2. The second-order valence-corrected chi connectivity index (χ2v) is 6.95. The first-order valence-corrected chi connectivity index (χ1v) is 8.85. The molecule has 1 N–H and O–H groups in total. The summed E-state index contributed by atoms with van der Waals surface area (Å²) >= 11 is 5.94. The van der Waals surface area contributed by atoms with Gasteiger partial charge in [0.1, 0.15) is 0 Å². The van der Waals surface area contributed by atoms with Crippen molar-refractivity contribution in [3.63, 3.8) is 0 Å². The van der Waals surface area contributed by atoms with Gasteiger partial charge in [0.15, 0.2) is 0 Å². The van der Waals surface area contributed by atoms with Crippen LogP contribution in [0.3, 0.4) is 0 Å². The van der Waals surface area contributed by atoms with E-state index in [0.29, 0.717) is 0 Å². The van der Waals surface area contributed by atoms with Crippen molar-refractivity contribution in [2.24, 2.45) is 11.8 Å². The number of amides is 3. The molecule has 26 heavy (non-hydrogen) atoms. The number of carbonyl (C=O) groups is 3. The highest BCUT2D eigenvalue weighted by atomic mass is 35.5. The Hall–Kier alpha value is -2.48. The summed E-state index contributed by atoms with van der Waals surface area (Å²) in [6, 6.07) is 3.73. The van der Waals surface area contributed by atoms with E-state index in [4.69, 9.17) is 11.6 Å². The Kier molecular flexibility index (Phi) is 5.22. The molecule has 1 aromatic rings. The fourth-order valence-electron chi connectivity index (χ4n) is 3.60. The van der Waals surface area contributed by atoms with E-state index in [2.05, 4.69) is 5.32 Å². The molecule has 0 spiro atoms. The molecule has 0 radical (unpaired) electrons. The first-order chi connectivity index (χ1) is 12.4. The number of nitrogens with one attached hydrogen (secondary N) is 1. The number of hydrogen-bond donors (Lipinski definition) is 1. The minimum atomic E-state index is -0.582. The zero-order chi connectivity index (χ0) is 18.8. The third-order valence-corrected chi connectivity index (χ3v) is 5.25. The summed E-state index contributed by atoms with van der Waals surface area (Å²) in [7, 11) is 0. The van der Waals surface area contributed by atoms with E-state index >= 15 is 0 Å². The highest BCUT2D eigenvalue weighted by Gasteiger charge is 2.47. The summed E-state index contributed by atoms with van der Waals surface area (Å²) < 4.78 is 0. The molecular formula is C17H18ClN3O5. The van der Waals surface area contributed by atoms with Crippen molar-refractivity contribution in [2.45, 2.75) is 32.1 Å². The Morgan fingerprint density at radius 3 is 2.38 bits per heavy atom. The summed E-state index contributed by atoms with van der Waals surface area (Å²) in [6.45, 7) is 0.0289. The summed E-state index contributed by atoms with van der Waals surface area (Å²) in [6.07, 6.45) is 3.32. The molecule has 2 atom stereocenters. The number of likely N-dealkylation sites (tertiary alicyclic amines) is 1. The van der Waals surface area contributed by atoms with Crippen LogP contribution in [0.2, 0.25) is 5.02 Å². The van der Waals surface area contributed by atoms with Crippen molar-refractivity contribution in [3.8, 4) is 0 Å². The lowest BCUT2D eigenvalue weighted by atomic mass is 9.81. The summed E-state index contributed by atoms with van der Waals surface area (Å²) in [5.41, 5.74) is 0.0684. The fraction of sp³-hybridized carbons (Fsp3) is 0.471.